The summed E-state index contributed by atoms with van der Waals surface area (Å²) in [5, 5.41) is 7.97. The van der Waals surface area contributed by atoms with E-state index in [-0.39, 0.29) is 23.6 Å². The summed E-state index contributed by atoms with van der Waals surface area (Å²) in [6.07, 6.45) is 5.15. The largest absolute Gasteiger partial charge is 0.377 e. The van der Waals surface area contributed by atoms with Crippen LogP contribution in [0.3, 0.4) is 0 Å². The van der Waals surface area contributed by atoms with Crippen molar-refractivity contribution in [3.8, 4) is 11.3 Å². The second-order valence-corrected chi connectivity index (χ2v) is 7.05. The van der Waals surface area contributed by atoms with Gasteiger partial charge < -0.3 is 10.1 Å². The maximum atomic E-state index is 12.5. The Morgan fingerprint density at radius 3 is 2.71 bits per heavy atom. The first-order valence-electron chi connectivity index (χ1n) is 9.29. The Morgan fingerprint density at radius 2 is 1.93 bits per heavy atom. The van der Waals surface area contributed by atoms with E-state index in [4.69, 9.17) is 4.74 Å². The SMILES string of the molecule is CC(C)c1nccc(NC2COCC2n2nc(-c3ccncc3)ccc2=O)n1. The van der Waals surface area contributed by atoms with E-state index in [2.05, 4.69) is 39.2 Å². The average Bonchev–Trinajstić information content (AvgIpc) is 3.17. The molecule has 0 amide bonds. The van der Waals surface area contributed by atoms with E-state index in [0.717, 1.165) is 22.9 Å². The van der Waals surface area contributed by atoms with E-state index in [1.165, 1.54) is 4.68 Å². The van der Waals surface area contributed by atoms with Crippen LogP contribution >= 0.6 is 0 Å². The van der Waals surface area contributed by atoms with E-state index in [1.807, 2.05) is 18.2 Å². The smallest absolute Gasteiger partial charge is 0.267 e. The summed E-state index contributed by atoms with van der Waals surface area (Å²) < 4.78 is 7.16. The lowest BCUT2D eigenvalue weighted by molar-refractivity contribution is 0.183. The lowest BCUT2D eigenvalue weighted by Crippen LogP contribution is -2.37. The predicted molar refractivity (Wildman–Crippen MR) is 105 cm³/mol. The zero-order valence-corrected chi connectivity index (χ0v) is 15.8. The van der Waals surface area contributed by atoms with Crippen LogP contribution in [0.25, 0.3) is 11.3 Å². The number of aromatic nitrogens is 5. The van der Waals surface area contributed by atoms with Crippen LogP contribution in [-0.2, 0) is 4.74 Å². The maximum absolute atomic E-state index is 12.5. The Morgan fingerprint density at radius 1 is 1.11 bits per heavy atom. The van der Waals surface area contributed by atoms with Crippen LogP contribution in [0.15, 0.2) is 53.7 Å². The number of ether oxygens (including phenoxy) is 1. The van der Waals surface area contributed by atoms with Crippen LogP contribution in [0, 0.1) is 0 Å². The molecule has 1 fully saturated rings. The Bertz CT molecular complexity index is 1000. The van der Waals surface area contributed by atoms with Crippen LogP contribution in [0.4, 0.5) is 5.82 Å². The topological polar surface area (TPSA) is 94.8 Å². The second kappa shape index (κ2) is 7.85. The van der Waals surface area contributed by atoms with E-state index in [9.17, 15) is 4.79 Å². The summed E-state index contributed by atoms with van der Waals surface area (Å²) in [5.74, 6) is 1.73. The summed E-state index contributed by atoms with van der Waals surface area (Å²) in [6, 6.07) is 8.48. The van der Waals surface area contributed by atoms with Gasteiger partial charge in [0.25, 0.3) is 5.56 Å². The second-order valence-electron chi connectivity index (χ2n) is 7.05. The minimum absolute atomic E-state index is 0.118. The molecule has 0 spiro atoms. The first kappa shape index (κ1) is 18.2. The number of nitrogens with one attached hydrogen (secondary N) is 1. The molecule has 0 saturated carbocycles. The van der Waals surface area contributed by atoms with Gasteiger partial charge in [-0.25, -0.2) is 14.6 Å². The van der Waals surface area contributed by atoms with Crippen LogP contribution in [-0.4, -0.2) is 44.0 Å². The summed E-state index contributed by atoms with van der Waals surface area (Å²) in [5.41, 5.74) is 1.46. The number of hydrogen-bond donors (Lipinski definition) is 1. The number of rotatable bonds is 5. The third-order valence-electron chi connectivity index (χ3n) is 4.69. The van der Waals surface area contributed by atoms with E-state index < -0.39 is 0 Å². The third-order valence-corrected chi connectivity index (χ3v) is 4.69. The molecule has 4 heterocycles. The van der Waals surface area contributed by atoms with Crippen molar-refractivity contribution in [1.29, 1.82) is 0 Å². The maximum Gasteiger partial charge on any atom is 0.267 e. The van der Waals surface area contributed by atoms with Gasteiger partial charge in [-0.3, -0.25) is 9.78 Å². The Kier molecular flexibility index (Phi) is 5.12. The Balaban J connectivity index is 1.62. The molecule has 1 N–H and O–H groups in total. The lowest BCUT2D eigenvalue weighted by atomic mass is 10.1. The molecule has 3 aromatic rings. The molecule has 4 rings (SSSR count). The van der Waals surface area contributed by atoms with Gasteiger partial charge in [0, 0.05) is 36.1 Å². The van der Waals surface area contributed by atoms with Crippen molar-refractivity contribution in [3.63, 3.8) is 0 Å². The van der Waals surface area contributed by atoms with E-state index in [0.29, 0.717) is 13.2 Å². The molecule has 1 aliphatic heterocycles. The molecule has 28 heavy (non-hydrogen) atoms. The molecule has 2 unspecified atom stereocenters. The van der Waals surface area contributed by atoms with Crippen molar-refractivity contribution < 1.29 is 4.74 Å². The van der Waals surface area contributed by atoms with Gasteiger partial charge in [0.2, 0.25) is 0 Å². The van der Waals surface area contributed by atoms with Gasteiger partial charge in [-0.2, -0.15) is 5.10 Å². The van der Waals surface area contributed by atoms with Gasteiger partial charge in [-0.15, -0.1) is 0 Å². The zero-order chi connectivity index (χ0) is 19.5. The van der Waals surface area contributed by atoms with Gasteiger partial charge in [0.05, 0.1) is 24.9 Å². The van der Waals surface area contributed by atoms with Crippen molar-refractivity contribution in [3.05, 3.63) is 65.1 Å². The van der Waals surface area contributed by atoms with Crippen LogP contribution in [0.1, 0.15) is 31.6 Å². The highest BCUT2D eigenvalue weighted by Gasteiger charge is 2.32. The molecule has 2 atom stereocenters. The fourth-order valence-electron chi connectivity index (χ4n) is 3.18. The van der Waals surface area contributed by atoms with Crippen molar-refractivity contribution in [2.45, 2.75) is 31.8 Å². The molecule has 144 valence electrons. The molecular weight excluding hydrogens is 356 g/mol. The van der Waals surface area contributed by atoms with Gasteiger partial charge in [0.15, 0.2) is 0 Å². The Hall–Kier alpha value is -3.13. The quantitative estimate of drug-likeness (QED) is 0.728. The van der Waals surface area contributed by atoms with Crippen molar-refractivity contribution in [2.75, 3.05) is 18.5 Å². The summed E-state index contributed by atoms with van der Waals surface area (Å²) in [6.45, 7) is 4.98. The zero-order valence-electron chi connectivity index (χ0n) is 15.8. The van der Waals surface area contributed by atoms with Crippen LogP contribution < -0.4 is 10.9 Å². The molecule has 3 aromatic heterocycles. The van der Waals surface area contributed by atoms with Gasteiger partial charge in [-0.1, -0.05) is 13.8 Å². The first-order chi connectivity index (χ1) is 13.6. The highest BCUT2D eigenvalue weighted by atomic mass is 16.5. The first-order valence-corrected chi connectivity index (χ1v) is 9.29. The number of pyridine rings is 1. The van der Waals surface area contributed by atoms with Crippen molar-refractivity contribution >= 4 is 5.82 Å². The van der Waals surface area contributed by atoms with Gasteiger partial charge in [0.1, 0.15) is 17.7 Å². The third kappa shape index (κ3) is 3.77. The number of hydrogen-bond acceptors (Lipinski definition) is 7. The number of anilines is 1. The highest BCUT2D eigenvalue weighted by molar-refractivity contribution is 5.57. The monoisotopic (exact) mass is 378 g/mol. The lowest BCUT2D eigenvalue weighted by Gasteiger charge is -2.21. The van der Waals surface area contributed by atoms with Gasteiger partial charge >= 0.3 is 0 Å². The molecule has 1 aliphatic rings. The average molecular weight is 378 g/mol. The standard InChI is InChI=1S/C20H22N6O2/c1-13(2)20-22-10-7-18(24-20)23-16-11-28-12-17(16)26-19(27)4-3-15(25-26)14-5-8-21-9-6-14/h3-10,13,16-17H,11-12H2,1-2H3,(H,22,23,24). The molecular formula is C20H22N6O2. The van der Waals surface area contributed by atoms with Crippen molar-refractivity contribution in [2.24, 2.45) is 0 Å². The van der Waals surface area contributed by atoms with Crippen molar-refractivity contribution in [1.82, 2.24) is 24.7 Å². The summed E-state index contributed by atoms with van der Waals surface area (Å²) >= 11 is 0. The molecule has 8 nitrogen and oxygen atoms in total. The number of nitrogens with zero attached hydrogens (tertiary/aromatic N) is 5. The summed E-state index contributed by atoms with van der Waals surface area (Å²) in [4.78, 5) is 25.4. The fourth-order valence-corrected chi connectivity index (χ4v) is 3.18. The minimum atomic E-state index is -0.230. The van der Waals surface area contributed by atoms with E-state index >= 15 is 0 Å². The Labute approximate surface area is 162 Å². The predicted octanol–water partition coefficient (Wildman–Crippen LogP) is 2.27. The summed E-state index contributed by atoms with van der Waals surface area (Å²) in [7, 11) is 0. The fraction of sp³-hybridized carbons (Fsp3) is 0.350. The molecule has 0 aromatic carbocycles. The highest BCUT2D eigenvalue weighted by Crippen LogP contribution is 2.23. The molecule has 0 aliphatic carbocycles. The molecule has 0 radical (unpaired) electrons. The van der Waals surface area contributed by atoms with Gasteiger partial charge in [-0.05, 0) is 24.3 Å². The molecule has 0 bridgehead atoms. The minimum Gasteiger partial charge on any atom is -0.377 e. The van der Waals surface area contributed by atoms with Crippen LogP contribution in [0.5, 0.6) is 0 Å². The normalized spacial score (nSPS) is 19.1. The molecule has 1 saturated heterocycles. The van der Waals surface area contributed by atoms with E-state index in [1.54, 1.807) is 30.7 Å². The molecule has 8 heteroatoms. The van der Waals surface area contributed by atoms with Crippen LogP contribution in [0.2, 0.25) is 0 Å².